The molecule has 0 unspecified atom stereocenters. The van der Waals surface area contributed by atoms with Crippen molar-refractivity contribution in [3.8, 4) is 23.0 Å². The van der Waals surface area contributed by atoms with Crippen LogP contribution in [0.3, 0.4) is 0 Å². The Labute approximate surface area is 124 Å². The van der Waals surface area contributed by atoms with Crippen molar-refractivity contribution in [3.63, 3.8) is 0 Å². The lowest BCUT2D eigenvalue weighted by Crippen LogP contribution is -1.85. The normalized spacial score (nSPS) is 11.5. The van der Waals surface area contributed by atoms with Crippen LogP contribution < -0.4 is 0 Å². The molecule has 4 rings (SSSR count). The van der Waals surface area contributed by atoms with Gasteiger partial charge in [-0.25, -0.2) is 4.98 Å². The molecule has 3 aromatic carbocycles. The quantitative estimate of drug-likeness (QED) is 0.226. The zero-order valence-corrected chi connectivity index (χ0v) is 11.3. The lowest BCUT2D eigenvalue weighted by Gasteiger charge is -2.08. The van der Waals surface area contributed by atoms with Crippen LogP contribution in [-0.4, -0.2) is 25.4 Å². The van der Waals surface area contributed by atoms with Crippen molar-refractivity contribution in [1.82, 2.24) is 4.98 Å². The lowest BCUT2D eigenvalue weighted by molar-refractivity contribution is 0.405. The molecule has 0 radical (unpaired) electrons. The number of fused-ring (bicyclic) bond motifs is 4. The summed E-state index contributed by atoms with van der Waals surface area (Å²) in [6.45, 7) is 0. The number of benzene rings is 3. The van der Waals surface area contributed by atoms with Gasteiger partial charge >= 0.3 is 0 Å². The SMILES string of the molecule is Oc1cc2cc3c(ccc4cc(O)c(O)cc43)nc2cc1O. The van der Waals surface area contributed by atoms with Crippen LogP contribution in [0.1, 0.15) is 0 Å². The van der Waals surface area contributed by atoms with Crippen LogP contribution in [0, 0.1) is 0 Å². The summed E-state index contributed by atoms with van der Waals surface area (Å²) in [6, 6.07) is 11.3. The van der Waals surface area contributed by atoms with Crippen LogP contribution in [0.4, 0.5) is 0 Å². The van der Waals surface area contributed by atoms with Crippen molar-refractivity contribution in [2.45, 2.75) is 0 Å². The molecular formula is C17H11NO4. The number of phenols is 4. The number of aromatic nitrogens is 1. The van der Waals surface area contributed by atoms with Crippen molar-refractivity contribution >= 4 is 32.6 Å². The molecule has 108 valence electrons. The molecular weight excluding hydrogens is 282 g/mol. The second kappa shape index (κ2) is 4.14. The van der Waals surface area contributed by atoms with Gasteiger partial charge in [-0.05, 0) is 41.1 Å². The predicted molar refractivity (Wildman–Crippen MR) is 83.4 cm³/mol. The highest BCUT2D eigenvalue weighted by Gasteiger charge is 2.10. The number of hydrogen-bond acceptors (Lipinski definition) is 5. The van der Waals surface area contributed by atoms with Gasteiger partial charge in [0.15, 0.2) is 23.0 Å². The molecule has 0 amide bonds. The van der Waals surface area contributed by atoms with Crippen molar-refractivity contribution in [1.29, 1.82) is 0 Å². The summed E-state index contributed by atoms with van der Waals surface area (Å²) in [5.74, 6) is -0.811. The van der Waals surface area contributed by atoms with Crippen LogP contribution in [0.15, 0.2) is 42.5 Å². The Balaban J connectivity index is 2.18. The molecule has 0 aliphatic heterocycles. The molecule has 0 saturated carbocycles. The van der Waals surface area contributed by atoms with Gasteiger partial charge in [-0.15, -0.1) is 0 Å². The Morgan fingerprint density at radius 2 is 1.18 bits per heavy atom. The summed E-state index contributed by atoms with van der Waals surface area (Å²) in [4.78, 5) is 4.47. The van der Waals surface area contributed by atoms with Gasteiger partial charge in [0.1, 0.15) is 0 Å². The molecule has 0 spiro atoms. The molecule has 0 atom stereocenters. The highest BCUT2D eigenvalue weighted by atomic mass is 16.3. The first-order chi connectivity index (χ1) is 10.5. The van der Waals surface area contributed by atoms with Crippen LogP contribution in [0.2, 0.25) is 0 Å². The van der Waals surface area contributed by atoms with E-state index in [0.29, 0.717) is 16.4 Å². The molecule has 0 aliphatic carbocycles. The summed E-state index contributed by atoms with van der Waals surface area (Å²) in [5, 5.41) is 41.5. The molecule has 0 fully saturated rings. The Hall–Kier alpha value is -3.21. The van der Waals surface area contributed by atoms with Crippen molar-refractivity contribution in [2.75, 3.05) is 0 Å². The van der Waals surface area contributed by atoms with E-state index >= 15 is 0 Å². The van der Waals surface area contributed by atoms with Gasteiger partial charge in [0.05, 0.1) is 11.0 Å². The second-order valence-corrected chi connectivity index (χ2v) is 5.22. The van der Waals surface area contributed by atoms with Gasteiger partial charge in [-0.2, -0.15) is 0 Å². The molecule has 1 aromatic heterocycles. The van der Waals surface area contributed by atoms with E-state index in [-0.39, 0.29) is 23.0 Å². The maximum Gasteiger partial charge on any atom is 0.159 e. The minimum Gasteiger partial charge on any atom is -0.504 e. The zero-order valence-electron chi connectivity index (χ0n) is 11.3. The Morgan fingerprint density at radius 1 is 0.545 bits per heavy atom. The molecule has 1 heterocycles. The van der Waals surface area contributed by atoms with Crippen molar-refractivity contribution in [2.24, 2.45) is 0 Å². The second-order valence-electron chi connectivity index (χ2n) is 5.22. The van der Waals surface area contributed by atoms with E-state index in [1.807, 2.05) is 6.07 Å². The van der Waals surface area contributed by atoms with E-state index in [1.54, 1.807) is 12.1 Å². The van der Waals surface area contributed by atoms with E-state index < -0.39 is 0 Å². The number of hydrogen-bond donors (Lipinski definition) is 4. The number of pyridine rings is 1. The summed E-state index contributed by atoms with van der Waals surface area (Å²) >= 11 is 0. The Kier molecular flexibility index (Phi) is 2.36. The first-order valence-corrected chi connectivity index (χ1v) is 6.64. The van der Waals surface area contributed by atoms with Crippen molar-refractivity contribution < 1.29 is 20.4 Å². The molecule has 5 nitrogen and oxygen atoms in total. The molecule has 4 N–H and O–H groups in total. The van der Waals surface area contributed by atoms with E-state index in [9.17, 15) is 20.4 Å². The zero-order chi connectivity index (χ0) is 15.4. The first-order valence-electron chi connectivity index (χ1n) is 6.64. The minimum atomic E-state index is -0.220. The molecule has 22 heavy (non-hydrogen) atoms. The molecule has 0 aliphatic rings. The van der Waals surface area contributed by atoms with Gasteiger partial charge in [0.2, 0.25) is 0 Å². The van der Waals surface area contributed by atoms with E-state index in [2.05, 4.69) is 4.98 Å². The summed E-state index contributed by atoms with van der Waals surface area (Å²) in [6.07, 6.45) is 0. The number of aromatic hydroxyl groups is 4. The van der Waals surface area contributed by atoms with Gasteiger partial charge < -0.3 is 20.4 Å². The lowest BCUT2D eigenvalue weighted by atomic mass is 10.0. The average molecular weight is 293 g/mol. The number of phenolic OH excluding ortho intramolecular Hbond substituents is 4. The van der Waals surface area contributed by atoms with Crippen LogP contribution in [-0.2, 0) is 0 Å². The fraction of sp³-hybridized carbons (Fsp3) is 0. The van der Waals surface area contributed by atoms with Gasteiger partial charge in [0.25, 0.3) is 0 Å². The predicted octanol–water partition coefficient (Wildman–Crippen LogP) is 3.36. The van der Waals surface area contributed by atoms with Gasteiger partial charge in [-0.1, -0.05) is 6.07 Å². The smallest absolute Gasteiger partial charge is 0.159 e. The van der Waals surface area contributed by atoms with Crippen LogP contribution >= 0.6 is 0 Å². The van der Waals surface area contributed by atoms with Gasteiger partial charge in [0, 0.05) is 16.8 Å². The maximum absolute atomic E-state index is 9.73. The van der Waals surface area contributed by atoms with Crippen molar-refractivity contribution in [3.05, 3.63) is 42.5 Å². The highest BCUT2D eigenvalue weighted by molar-refractivity contribution is 6.10. The largest absolute Gasteiger partial charge is 0.504 e. The van der Waals surface area contributed by atoms with E-state index in [0.717, 1.165) is 16.2 Å². The molecule has 4 aromatic rings. The van der Waals surface area contributed by atoms with Crippen LogP contribution in [0.5, 0.6) is 23.0 Å². The third-order valence-corrected chi connectivity index (χ3v) is 3.80. The van der Waals surface area contributed by atoms with E-state index in [4.69, 9.17) is 0 Å². The Bertz CT molecular complexity index is 1060. The molecule has 0 bridgehead atoms. The number of rotatable bonds is 0. The average Bonchev–Trinajstić information content (AvgIpc) is 2.48. The molecule has 5 heteroatoms. The summed E-state index contributed by atoms with van der Waals surface area (Å²) in [5.41, 5.74) is 1.25. The maximum atomic E-state index is 9.73. The third kappa shape index (κ3) is 1.69. The highest BCUT2D eigenvalue weighted by Crippen LogP contribution is 2.36. The fourth-order valence-electron chi connectivity index (χ4n) is 2.69. The first kappa shape index (κ1) is 12.5. The monoisotopic (exact) mass is 293 g/mol. The number of nitrogens with zero attached hydrogens (tertiary/aromatic N) is 1. The topological polar surface area (TPSA) is 93.8 Å². The van der Waals surface area contributed by atoms with Crippen LogP contribution in [0.25, 0.3) is 32.6 Å². The Morgan fingerprint density at radius 3 is 1.95 bits per heavy atom. The summed E-state index contributed by atoms with van der Waals surface area (Å²) in [7, 11) is 0. The summed E-state index contributed by atoms with van der Waals surface area (Å²) < 4.78 is 0. The fourth-order valence-corrected chi connectivity index (χ4v) is 2.69. The standard InChI is InChI=1S/C17H11NO4/c19-14-4-8-1-2-12-11(10(8)6-16(14)21)3-9-5-15(20)17(22)7-13(9)18-12/h1-7,19-22H. The van der Waals surface area contributed by atoms with Gasteiger partial charge in [-0.3, -0.25) is 0 Å². The van der Waals surface area contributed by atoms with E-state index in [1.165, 1.54) is 24.3 Å². The molecule has 0 saturated heterocycles. The third-order valence-electron chi connectivity index (χ3n) is 3.80. The minimum absolute atomic E-state index is 0.178.